The fourth-order valence-corrected chi connectivity index (χ4v) is 5.73. The molecule has 0 spiro atoms. The van der Waals surface area contributed by atoms with E-state index in [4.69, 9.17) is 9.47 Å². The molecule has 0 aliphatic rings. The van der Waals surface area contributed by atoms with Crippen molar-refractivity contribution in [1.29, 1.82) is 0 Å². The van der Waals surface area contributed by atoms with E-state index in [-0.39, 0.29) is 34.8 Å². The molecule has 0 saturated carbocycles. The highest BCUT2D eigenvalue weighted by Gasteiger charge is 2.34. The van der Waals surface area contributed by atoms with Gasteiger partial charge < -0.3 is 19.7 Å². The van der Waals surface area contributed by atoms with Crippen molar-refractivity contribution < 1.29 is 27.5 Å². The first-order valence-corrected chi connectivity index (χ1v) is 14.9. The summed E-state index contributed by atoms with van der Waals surface area (Å²) in [7, 11) is -1.35. The molecular weight excluding hydrogens is 542 g/mol. The molecule has 9 nitrogen and oxygen atoms in total. The van der Waals surface area contributed by atoms with Gasteiger partial charge in [-0.05, 0) is 63.9 Å². The number of hydrogen-bond donors (Lipinski definition) is 1. The molecule has 10 heteroatoms. The lowest BCUT2D eigenvalue weighted by atomic mass is 10.1. The average Bonchev–Trinajstić information content (AvgIpc) is 2.95. The zero-order chi connectivity index (χ0) is 30.2. The number of nitrogens with one attached hydrogen (secondary N) is 1. The minimum absolute atomic E-state index is 0.0159. The first-order chi connectivity index (χ1) is 19.5. The summed E-state index contributed by atoms with van der Waals surface area (Å²) in [6.45, 7) is 6.83. The quantitative estimate of drug-likeness (QED) is 0.325. The molecule has 3 aromatic rings. The summed E-state index contributed by atoms with van der Waals surface area (Å²) < 4.78 is 40.0. The monoisotopic (exact) mass is 581 g/mol. The largest absolute Gasteiger partial charge is 0.497 e. The van der Waals surface area contributed by atoms with Gasteiger partial charge in [0, 0.05) is 18.7 Å². The minimum Gasteiger partial charge on any atom is -0.497 e. The van der Waals surface area contributed by atoms with Crippen LogP contribution in [0.15, 0.2) is 77.7 Å². The molecule has 41 heavy (non-hydrogen) atoms. The van der Waals surface area contributed by atoms with Gasteiger partial charge in [-0.1, -0.05) is 48.0 Å². The first kappa shape index (κ1) is 31.5. The van der Waals surface area contributed by atoms with E-state index in [2.05, 4.69) is 5.32 Å². The van der Waals surface area contributed by atoms with Gasteiger partial charge in [0.2, 0.25) is 11.8 Å². The van der Waals surface area contributed by atoms with Crippen molar-refractivity contribution in [3.63, 3.8) is 0 Å². The summed E-state index contributed by atoms with van der Waals surface area (Å²) >= 11 is 0. The van der Waals surface area contributed by atoms with Crippen molar-refractivity contribution in [2.75, 3.05) is 31.6 Å². The molecule has 1 N–H and O–H groups in total. The third kappa shape index (κ3) is 8.00. The predicted octanol–water partition coefficient (Wildman–Crippen LogP) is 4.19. The highest BCUT2D eigenvalue weighted by atomic mass is 32.2. The number of methoxy groups -OCH3 is 2. The molecule has 3 aromatic carbocycles. The zero-order valence-electron chi connectivity index (χ0n) is 24.5. The minimum atomic E-state index is -4.24. The molecule has 0 aliphatic heterocycles. The number of amides is 2. The van der Waals surface area contributed by atoms with E-state index in [1.165, 1.54) is 37.3 Å². The molecule has 3 rings (SSSR count). The number of benzene rings is 3. The molecule has 0 radical (unpaired) electrons. The second-order valence-corrected chi connectivity index (χ2v) is 11.9. The van der Waals surface area contributed by atoms with Crippen LogP contribution in [0.2, 0.25) is 0 Å². The standard InChI is InChI=1S/C31H39N3O6S/c1-22(2)32-31(36)24(4)33(19-18-25-10-8-7-9-11-25)30(35)21-34(28-20-26(39-5)14-17-29(28)40-6)41(37,38)27-15-12-23(3)13-16-27/h7-17,20,22,24H,18-19,21H2,1-6H3,(H,32,36). The Hall–Kier alpha value is -4.05. The Labute approximate surface area is 243 Å². The Kier molecular flexibility index (Phi) is 10.8. The second-order valence-electron chi connectivity index (χ2n) is 10.0. The molecule has 0 saturated heterocycles. The molecule has 0 aromatic heterocycles. The van der Waals surface area contributed by atoms with E-state index in [9.17, 15) is 18.0 Å². The Bertz CT molecular complexity index is 1430. The molecule has 2 amide bonds. The van der Waals surface area contributed by atoms with Crippen LogP contribution in [-0.2, 0) is 26.0 Å². The Morgan fingerprint density at radius 1 is 0.902 bits per heavy atom. The molecule has 0 bridgehead atoms. The SMILES string of the molecule is COc1ccc(OC)c(N(CC(=O)N(CCc2ccccc2)C(C)C(=O)NC(C)C)S(=O)(=O)c2ccc(C)cc2)c1. The number of carbonyl (C=O) groups is 2. The maximum Gasteiger partial charge on any atom is 0.264 e. The van der Waals surface area contributed by atoms with Gasteiger partial charge in [0.15, 0.2) is 0 Å². The van der Waals surface area contributed by atoms with Crippen LogP contribution in [0.4, 0.5) is 5.69 Å². The molecule has 0 fully saturated rings. The molecule has 1 atom stereocenters. The predicted molar refractivity (Wildman–Crippen MR) is 160 cm³/mol. The van der Waals surface area contributed by atoms with Gasteiger partial charge in [0.1, 0.15) is 24.1 Å². The number of nitrogens with zero attached hydrogens (tertiary/aromatic N) is 2. The number of hydrogen-bond acceptors (Lipinski definition) is 6. The summed E-state index contributed by atoms with van der Waals surface area (Å²) in [6, 6.07) is 19.8. The number of aryl methyl sites for hydroxylation is 1. The van der Waals surface area contributed by atoms with E-state index < -0.39 is 28.5 Å². The van der Waals surface area contributed by atoms with E-state index in [1.54, 1.807) is 31.2 Å². The van der Waals surface area contributed by atoms with Gasteiger partial charge in [-0.2, -0.15) is 0 Å². The fraction of sp³-hybridized carbons (Fsp3) is 0.355. The fourth-order valence-electron chi connectivity index (χ4n) is 4.32. The van der Waals surface area contributed by atoms with Crippen molar-refractivity contribution in [2.45, 2.75) is 51.1 Å². The number of carbonyl (C=O) groups excluding carboxylic acids is 2. The summed E-state index contributed by atoms with van der Waals surface area (Å²) in [4.78, 5) is 28.5. The topological polar surface area (TPSA) is 105 Å². The van der Waals surface area contributed by atoms with Crippen LogP contribution in [0.5, 0.6) is 11.5 Å². The maximum absolute atomic E-state index is 14.1. The summed E-state index contributed by atoms with van der Waals surface area (Å²) in [6.07, 6.45) is 0.485. The van der Waals surface area contributed by atoms with E-state index in [1.807, 2.05) is 51.1 Å². The van der Waals surface area contributed by atoms with Gasteiger partial charge in [-0.25, -0.2) is 8.42 Å². The van der Waals surface area contributed by atoms with Crippen LogP contribution >= 0.6 is 0 Å². The molecular formula is C31H39N3O6S. The van der Waals surface area contributed by atoms with Crippen LogP contribution in [0.3, 0.4) is 0 Å². The van der Waals surface area contributed by atoms with E-state index >= 15 is 0 Å². The normalized spacial score (nSPS) is 12.0. The van der Waals surface area contributed by atoms with Gasteiger partial charge in [-0.3, -0.25) is 13.9 Å². The van der Waals surface area contributed by atoms with Gasteiger partial charge in [0.25, 0.3) is 10.0 Å². The summed E-state index contributed by atoms with van der Waals surface area (Å²) in [5.41, 5.74) is 2.02. The molecule has 0 heterocycles. The summed E-state index contributed by atoms with van der Waals surface area (Å²) in [5.74, 6) is -0.222. The number of sulfonamides is 1. The lowest BCUT2D eigenvalue weighted by Gasteiger charge is -2.32. The van der Waals surface area contributed by atoms with Crippen molar-refractivity contribution in [3.8, 4) is 11.5 Å². The Morgan fingerprint density at radius 3 is 2.15 bits per heavy atom. The van der Waals surface area contributed by atoms with Crippen molar-refractivity contribution in [2.24, 2.45) is 0 Å². The van der Waals surface area contributed by atoms with Crippen molar-refractivity contribution in [1.82, 2.24) is 10.2 Å². The average molecular weight is 582 g/mol. The third-order valence-corrected chi connectivity index (χ3v) is 8.40. The van der Waals surface area contributed by atoms with E-state index in [0.29, 0.717) is 12.2 Å². The Morgan fingerprint density at radius 2 is 1.56 bits per heavy atom. The summed E-state index contributed by atoms with van der Waals surface area (Å²) in [5, 5.41) is 2.85. The van der Waals surface area contributed by atoms with Gasteiger partial charge in [-0.15, -0.1) is 0 Å². The lowest BCUT2D eigenvalue weighted by Crippen LogP contribution is -2.53. The highest BCUT2D eigenvalue weighted by Crippen LogP contribution is 2.36. The molecule has 0 aliphatic carbocycles. The smallest absolute Gasteiger partial charge is 0.264 e. The third-order valence-electron chi connectivity index (χ3n) is 6.62. The van der Waals surface area contributed by atoms with Crippen LogP contribution < -0.4 is 19.1 Å². The van der Waals surface area contributed by atoms with E-state index in [0.717, 1.165) is 15.4 Å². The van der Waals surface area contributed by atoms with Crippen molar-refractivity contribution >= 4 is 27.5 Å². The van der Waals surface area contributed by atoms with Gasteiger partial charge in [0.05, 0.1) is 24.8 Å². The van der Waals surface area contributed by atoms with Crippen LogP contribution in [-0.4, -0.2) is 64.5 Å². The lowest BCUT2D eigenvalue weighted by molar-refractivity contribution is -0.139. The second kappa shape index (κ2) is 14.0. The zero-order valence-corrected chi connectivity index (χ0v) is 25.3. The number of ether oxygens (including phenoxy) is 2. The number of rotatable bonds is 13. The first-order valence-electron chi connectivity index (χ1n) is 13.4. The van der Waals surface area contributed by atoms with Gasteiger partial charge >= 0.3 is 0 Å². The molecule has 220 valence electrons. The van der Waals surface area contributed by atoms with Crippen LogP contribution in [0, 0.1) is 6.92 Å². The highest BCUT2D eigenvalue weighted by molar-refractivity contribution is 7.92. The maximum atomic E-state index is 14.1. The van der Waals surface area contributed by atoms with Crippen molar-refractivity contribution in [3.05, 3.63) is 83.9 Å². The van der Waals surface area contributed by atoms with Crippen LogP contribution in [0.25, 0.3) is 0 Å². The van der Waals surface area contributed by atoms with Crippen LogP contribution in [0.1, 0.15) is 31.9 Å². The Balaban J connectivity index is 2.07. The molecule has 1 unspecified atom stereocenters. The number of anilines is 1.